The van der Waals surface area contributed by atoms with E-state index in [4.69, 9.17) is 0 Å². The van der Waals surface area contributed by atoms with Gasteiger partial charge in [0.1, 0.15) is 11.1 Å². The number of pyridine rings is 1. The summed E-state index contributed by atoms with van der Waals surface area (Å²) >= 11 is 0. The van der Waals surface area contributed by atoms with E-state index in [1.54, 1.807) is 22.6 Å². The lowest BCUT2D eigenvalue weighted by molar-refractivity contribution is -0.364. The lowest BCUT2D eigenvalue weighted by atomic mass is 10.1. The Morgan fingerprint density at radius 2 is 1.92 bits per heavy atom. The highest BCUT2D eigenvalue weighted by Crippen LogP contribution is 2.20. The van der Waals surface area contributed by atoms with Crippen LogP contribution in [0.2, 0.25) is 0 Å². The molecule has 1 saturated heterocycles. The van der Waals surface area contributed by atoms with E-state index in [0.29, 0.717) is 18.0 Å². The van der Waals surface area contributed by atoms with Gasteiger partial charge in [-0.2, -0.15) is 4.31 Å². The minimum Gasteiger partial charge on any atom is -0.361 e. The van der Waals surface area contributed by atoms with Gasteiger partial charge in [0, 0.05) is 42.7 Å². The molecule has 3 aromatic rings. The Kier molecular flexibility index (Phi) is 4.65. The summed E-state index contributed by atoms with van der Waals surface area (Å²) in [5.41, 5.74) is 2.41. The quantitative estimate of drug-likeness (QED) is 0.698. The van der Waals surface area contributed by atoms with Crippen LogP contribution in [0.15, 0.2) is 53.7 Å². The fraction of sp³-hybridized carbons (Fsp3) is 0.316. The molecular formula is C19H23N4O2S+. The largest absolute Gasteiger partial charge is 0.361 e. The molecule has 0 aliphatic carbocycles. The first kappa shape index (κ1) is 17.1. The molecule has 3 N–H and O–H groups in total. The average Bonchev–Trinajstić information content (AvgIpc) is 3.33. The highest BCUT2D eigenvalue weighted by molar-refractivity contribution is 7.89. The second kappa shape index (κ2) is 7.09. The number of benzene rings is 1. The van der Waals surface area contributed by atoms with Crippen molar-refractivity contribution in [1.29, 1.82) is 0 Å². The molecule has 0 spiro atoms. The summed E-state index contributed by atoms with van der Waals surface area (Å²) in [5, 5.41) is 4.56. The topological polar surface area (TPSA) is 79.3 Å². The smallest absolute Gasteiger partial charge is 0.272 e. The van der Waals surface area contributed by atoms with Gasteiger partial charge in [0.25, 0.3) is 5.82 Å². The summed E-state index contributed by atoms with van der Waals surface area (Å²) in [6, 6.07) is 11.7. The molecule has 6 nitrogen and oxygen atoms in total. The molecule has 136 valence electrons. The maximum atomic E-state index is 12.5. The van der Waals surface area contributed by atoms with Crippen molar-refractivity contribution in [2.45, 2.75) is 24.2 Å². The lowest BCUT2D eigenvalue weighted by Gasteiger charge is -2.14. The Hall–Kier alpha value is -2.38. The summed E-state index contributed by atoms with van der Waals surface area (Å²) in [6.07, 6.45) is 6.38. The molecule has 4 rings (SSSR count). The Bertz CT molecular complexity index is 990. The maximum Gasteiger partial charge on any atom is 0.272 e. The van der Waals surface area contributed by atoms with E-state index in [1.807, 2.05) is 18.3 Å². The summed E-state index contributed by atoms with van der Waals surface area (Å²) in [4.78, 5) is 6.66. The zero-order valence-corrected chi connectivity index (χ0v) is 15.3. The number of aromatic amines is 2. The van der Waals surface area contributed by atoms with E-state index < -0.39 is 10.0 Å². The number of H-pyrrole nitrogens is 2. The molecule has 1 aliphatic heterocycles. The first-order valence-corrected chi connectivity index (χ1v) is 10.4. The molecule has 1 fully saturated rings. The van der Waals surface area contributed by atoms with Crippen LogP contribution in [0.3, 0.4) is 0 Å². The van der Waals surface area contributed by atoms with Gasteiger partial charge in [-0.25, -0.2) is 13.4 Å². The van der Waals surface area contributed by atoms with Crippen molar-refractivity contribution in [2.24, 2.45) is 0 Å². The fourth-order valence-electron chi connectivity index (χ4n) is 3.43. The number of hydrogen-bond acceptors (Lipinski definition) is 3. The molecule has 0 radical (unpaired) electrons. The Labute approximate surface area is 153 Å². The number of fused-ring (bicyclic) bond motifs is 1. The standard InChI is InChI=1S/C19H22N4O2S/c24-26(25,23-11-3-4-12-23)16-7-8-19(22-14-16)20-10-9-15-13-21-18-6-2-1-5-17(15)18/h1-2,5-8,13-14,21H,3-4,9-12H2,(H,20,22)/p+1. The minimum atomic E-state index is -3.37. The van der Waals surface area contributed by atoms with Gasteiger partial charge in [0.05, 0.1) is 6.54 Å². The molecule has 1 aromatic carbocycles. The summed E-state index contributed by atoms with van der Waals surface area (Å²) in [7, 11) is -3.37. The van der Waals surface area contributed by atoms with Crippen molar-refractivity contribution in [3.63, 3.8) is 0 Å². The van der Waals surface area contributed by atoms with Crippen LogP contribution in [0.4, 0.5) is 5.82 Å². The zero-order valence-electron chi connectivity index (χ0n) is 14.5. The first-order valence-electron chi connectivity index (χ1n) is 8.95. The van der Waals surface area contributed by atoms with Gasteiger partial charge in [0.2, 0.25) is 10.0 Å². The molecular weight excluding hydrogens is 348 g/mol. The van der Waals surface area contributed by atoms with Crippen LogP contribution in [0.1, 0.15) is 18.4 Å². The number of nitrogens with zero attached hydrogens (tertiary/aromatic N) is 1. The van der Waals surface area contributed by atoms with Crippen LogP contribution in [0, 0.1) is 0 Å². The van der Waals surface area contributed by atoms with E-state index in [0.717, 1.165) is 37.1 Å². The third-order valence-electron chi connectivity index (χ3n) is 4.87. The van der Waals surface area contributed by atoms with E-state index in [-0.39, 0.29) is 0 Å². The van der Waals surface area contributed by atoms with Crippen LogP contribution >= 0.6 is 0 Å². The number of nitrogens with one attached hydrogen (secondary N) is 3. The van der Waals surface area contributed by atoms with Gasteiger partial charge in [-0.1, -0.05) is 18.2 Å². The van der Waals surface area contributed by atoms with Gasteiger partial charge < -0.3 is 4.98 Å². The Balaban J connectivity index is 1.38. The van der Waals surface area contributed by atoms with Crippen LogP contribution in [0.25, 0.3) is 10.9 Å². The highest BCUT2D eigenvalue weighted by Gasteiger charge is 2.27. The number of para-hydroxylation sites is 1. The van der Waals surface area contributed by atoms with E-state index in [1.165, 1.54) is 10.9 Å². The highest BCUT2D eigenvalue weighted by atomic mass is 32.2. The maximum absolute atomic E-state index is 12.5. The zero-order chi connectivity index (χ0) is 18.0. The van der Waals surface area contributed by atoms with Crippen molar-refractivity contribution in [3.05, 3.63) is 54.4 Å². The van der Waals surface area contributed by atoms with Gasteiger partial charge in [0.15, 0.2) is 0 Å². The Morgan fingerprint density at radius 3 is 2.69 bits per heavy atom. The van der Waals surface area contributed by atoms with Crippen molar-refractivity contribution in [3.8, 4) is 0 Å². The van der Waals surface area contributed by atoms with Gasteiger partial charge in [-0.3, -0.25) is 5.32 Å². The number of anilines is 1. The second-order valence-electron chi connectivity index (χ2n) is 6.59. The normalized spacial score (nSPS) is 15.5. The fourth-order valence-corrected chi connectivity index (χ4v) is 4.91. The van der Waals surface area contributed by atoms with Crippen LogP contribution < -0.4 is 10.3 Å². The summed E-state index contributed by atoms with van der Waals surface area (Å²) in [5.74, 6) is 0.810. The Morgan fingerprint density at radius 1 is 1.12 bits per heavy atom. The molecule has 3 heterocycles. The molecule has 0 saturated carbocycles. The predicted octanol–water partition coefficient (Wildman–Crippen LogP) is 2.42. The number of hydrogen-bond donors (Lipinski definition) is 2. The SMILES string of the molecule is O=S(=O)(c1ccc(NCCc2c[nH]c3ccccc23)[nH+]c1)N1CCCC1. The third-order valence-corrected chi connectivity index (χ3v) is 6.77. The van der Waals surface area contributed by atoms with E-state index >= 15 is 0 Å². The molecule has 0 bridgehead atoms. The number of aromatic nitrogens is 2. The van der Waals surface area contributed by atoms with E-state index in [9.17, 15) is 8.42 Å². The summed E-state index contributed by atoms with van der Waals surface area (Å²) < 4.78 is 26.6. The molecule has 1 aliphatic rings. The lowest BCUT2D eigenvalue weighted by Crippen LogP contribution is -2.29. The van der Waals surface area contributed by atoms with Crippen LogP contribution in [-0.4, -0.2) is 37.3 Å². The number of sulfonamides is 1. The molecule has 7 heteroatoms. The monoisotopic (exact) mass is 371 g/mol. The van der Waals surface area contributed by atoms with Gasteiger partial charge in [-0.15, -0.1) is 0 Å². The van der Waals surface area contributed by atoms with Crippen LogP contribution in [0.5, 0.6) is 0 Å². The molecule has 2 aromatic heterocycles. The minimum absolute atomic E-state index is 0.321. The van der Waals surface area contributed by atoms with Crippen molar-refractivity contribution < 1.29 is 13.4 Å². The molecule has 0 atom stereocenters. The third kappa shape index (κ3) is 3.32. The first-order chi connectivity index (χ1) is 12.6. The van der Waals surface area contributed by atoms with Crippen molar-refractivity contribution >= 4 is 26.7 Å². The predicted molar refractivity (Wildman–Crippen MR) is 101 cm³/mol. The number of rotatable bonds is 6. The second-order valence-corrected chi connectivity index (χ2v) is 8.52. The summed E-state index contributed by atoms with van der Waals surface area (Å²) in [6.45, 7) is 2.00. The average molecular weight is 371 g/mol. The van der Waals surface area contributed by atoms with Gasteiger partial charge >= 0.3 is 0 Å². The molecule has 0 unspecified atom stereocenters. The molecule has 26 heavy (non-hydrogen) atoms. The van der Waals surface area contributed by atoms with Crippen molar-refractivity contribution in [1.82, 2.24) is 9.29 Å². The van der Waals surface area contributed by atoms with Crippen LogP contribution in [-0.2, 0) is 16.4 Å². The molecule has 0 amide bonds. The van der Waals surface area contributed by atoms with E-state index in [2.05, 4.69) is 27.4 Å². The van der Waals surface area contributed by atoms with Gasteiger partial charge in [-0.05, 0) is 30.5 Å². The van der Waals surface area contributed by atoms with Crippen molar-refractivity contribution in [2.75, 3.05) is 25.0 Å².